The fraction of sp³-hybridized carbons (Fsp3) is 0.120. The Kier molecular flexibility index (Phi) is 8.11. The molecule has 4 aromatic rings. The van der Waals surface area contributed by atoms with Crippen LogP contribution in [0.4, 0.5) is 5.69 Å². The zero-order valence-corrected chi connectivity index (χ0v) is 20.7. The van der Waals surface area contributed by atoms with E-state index >= 15 is 0 Å². The molecule has 1 aromatic heterocycles. The Labute approximate surface area is 216 Å². The molecule has 188 valence electrons. The summed E-state index contributed by atoms with van der Waals surface area (Å²) in [6.07, 6.45) is 1.34. The van der Waals surface area contributed by atoms with Gasteiger partial charge in [0.1, 0.15) is 0 Å². The van der Waals surface area contributed by atoms with E-state index in [0.29, 0.717) is 28.0 Å². The van der Waals surface area contributed by atoms with Crippen LogP contribution < -0.4 is 14.9 Å². The Morgan fingerprint density at radius 1 is 1.05 bits per heavy atom. The number of ether oxygens (including phenoxy) is 2. The number of hydrogen-bond acceptors (Lipinski definition) is 9. The summed E-state index contributed by atoms with van der Waals surface area (Å²) < 4.78 is 12.6. The van der Waals surface area contributed by atoms with Crippen molar-refractivity contribution in [3.05, 3.63) is 88.5 Å². The van der Waals surface area contributed by atoms with Gasteiger partial charge >= 0.3 is 0 Å². The van der Waals surface area contributed by atoms with E-state index in [1.807, 2.05) is 47.0 Å². The van der Waals surface area contributed by atoms with Crippen LogP contribution in [0.1, 0.15) is 5.56 Å². The summed E-state index contributed by atoms with van der Waals surface area (Å²) in [4.78, 5) is 22.8. The van der Waals surface area contributed by atoms with E-state index < -0.39 is 4.92 Å². The predicted octanol–water partition coefficient (Wildman–Crippen LogP) is 4.10. The molecule has 37 heavy (non-hydrogen) atoms. The number of nitrogens with zero attached hydrogens (tertiary/aromatic N) is 5. The molecule has 1 heterocycles. The minimum absolute atomic E-state index is 0.0170. The Hall–Kier alpha value is -4.71. The molecule has 0 saturated heterocycles. The van der Waals surface area contributed by atoms with E-state index in [2.05, 4.69) is 20.7 Å². The van der Waals surface area contributed by atoms with Crippen molar-refractivity contribution in [2.75, 3.05) is 20.0 Å². The van der Waals surface area contributed by atoms with Gasteiger partial charge in [-0.3, -0.25) is 19.5 Å². The average Bonchev–Trinajstić information content (AvgIpc) is 3.36. The quantitative estimate of drug-likeness (QED) is 0.144. The van der Waals surface area contributed by atoms with Gasteiger partial charge in [0.25, 0.3) is 11.6 Å². The fourth-order valence-corrected chi connectivity index (χ4v) is 4.14. The first-order valence-electron chi connectivity index (χ1n) is 10.9. The third kappa shape index (κ3) is 6.11. The molecule has 0 spiro atoms. The van der Waals surface area contributed by atoms with Crippen LogP contribution in [0.2, 0.25) is 0 Å². The zero-order valence-electron chi connectivity index (χ0n) is 19.9. The van der Waals surface area contributed by atoms with Crippen molar-refractivity contribution in [3.63, 3.8) is 0 Å². The molecule has 1 amide bonds. The molecule has 0 saturated carbocycles. The number of thioether (sulfide) groups is 1. The van der Waals surface area contributed by atoms with Gasteiger partial charge < -0.3 is 9.47 Å². The number of carbonyl (C=O) groups is 1. The number of rotatable bonds is 10. The lowest BCUT2D eigenvalue weighted by Gasteiger charge is -2.12. The SMILES string of the molecule is COc1ccc(-c2nnc(SCC(=O)NN=Cc3cccc([N+](=O)[O-])c3)n2-c2ccccc2)cc1OC. The number of amides is 1. The first-order valence-corrected chi connectivity index (χ1v) is 11.9. The summed E-state index contributed by atoms with van der Waals surface area (Å²) in [5, 5.41) is 24.0. The minimum atomic E-state index is -0.494. The number of methoxy groups -OCH3 is 2. The fourth-order valence-electron chi connectivity index (χ4n) is 3.40. The van der Waals surface area contributed by atoms with Crippen LogP contribution in [0, 0.1) is 10.1 Å². The highest BCUT2D eigenvalue weighted by Crippen LogP contribution is 2.34. The van der Waals surface area contributed by atoms with Gasteiger partial charge in [-0.25, -0.2) is 5.43 Å². The average molecular weight is 519 g/mol. The van der Waals surface area contributed by atoms with Crippen molar-refractivity contribution in [1.82, 2.24) is 20.2 Å². The summed E-state index contributed by atoms with van der Waals surface area (Å²) in [6, 6.07) is 20.9. The number of hydrogen-bond donors (Lipinski definition) is 1. The first-order chi connectivity index (χ1) is 18.0. The van der Waals surface area contributed by atoms with Crippen LogP contribution in [-0.2, 0) is 4.79 Å². The molecule has 0 atom stereocenters. The number of carbonyl (C=O) groups excluding carboxylic acids is 1. The molecule has 0 aliphatic heterocycles. The van der Waals surface area contributed by atoms with Gasteiger partial charge in [0.05, 0.1) is 31.1 Å². The van der Waals surface area contributed by atoms with Gasteiger partial charge in [0.2, 0.25) is 0 Å². The number of hydrazone groups is 1. The molecule has 0 radical (unpaired) electrons. The van der Waals surface area contributed by atoms with Crippen LogP contribution in [0.15, 0.2) is 83.1 Å². The highest BCUT2D eigenvalue weighted by molar-refractivity contribution is 7.99. The summed E-state index contributed by atoms with van der Waals surface area (Å²) in [5.74, 6) is 1.36. The van der Waals surface area contributed by atoms with E-state index in [1.54, 1.807) is 32.4 Å². The van der Waals surface area contributed by atoms with Gasteiger partial charge in [-0.2, -0.15) is 5.10 Å². The lowest BCUT2D eigenvalue weighted by molar-refractivity contribution is -0.384. The molecule has 3 aromatic carbocycles. The number of para-hydroxylation sites is 1. The number of non-ortho nitro benzene ring substituents is 1. The van der Waals surface area contributed by atoms with E-state index in [-0.39, 0.29) is 17.3 Å². The normalized spacial score (nSPS) is 10.9. The number of aromatic nitrogens is 3. The largest absolute Gasteiger partial charge is 0.493 e. The van der Waals surface area contributed by atoms with Crippen molar-refractivity contribution in [2.45, 2.75) is 5.16 Å². The molecule has 1 N–H and O–H groups in total. The zero-order chi connectivity index (χ0) is 26.2. The summed E-state index contributed by atoms with van der Waals surface area (Å²) in [7, 11) is 3.13. The Morgan fingerprint density at radius 2 is 1.84 bits per heavy atom. The van der Waals surface area contributed by atoms with Crippen molar-refractivity contribution in [3.8, 4) is 28.6 Å². The third-order valence-electron chi connectivity index (χ3n) is 5.11. The molecule has 4 rings (SSSR count). The second kappa shape index (κ2) is 11.8. The standard InChI is InChI=1S/C25H22N6O5S/c1-35-21-12-11-18(14-22(21)36-2)24-28-29-25(30(24)19-8-4-3-5-9-19)37-16-23(32)27-26-15-17-7-6-10-20(13-17)31(33)34/h3-15H,16H2,1-2H3,(H,27,32). The molecule has 12 heteroatoms. The Balaban J connectivity index is 1.52. The molecule has 11 nitrogen and oxygen atoms in total. The van der Waals surface area contributed by atoms with Crippen LogP contribution in [0.25, 0.3) is 17.1 Å². The van der Waals surface area contributed by atoms with Crippen LogP contribution in [-0.4, -0.2) is 51.8 Å². The maximum absolute atomic E-state index is 12.4. The highest BCUT2D eigenvalue weighted by atomic mass is 32.2. The molecule has 0 aliphatic carbocycles. The van der Waals surface area contributed by atoms with E-state index in [4.69, 9.17) is 9.47 Å². The molecule has 0 unspecified atom stereocenters. The number of nitrogens with one attached hydrogen (secondary N) is 1. The van der Waals surface area contributed by atoms with Crippen molar-refractivity contribution in [1.29, 1.82) is 0 Å². The van der Waals surface area contributed by atoms with Crippen LogP contribution >= 0.6 is 11.8 Å². The third-order valence-corrected chi connectivity index (χ3v) is 6.03. The van der Waals surface area contributed by atoms with Crippen molar-refractivity contribution in [2.24, 2.45) is 5.10 Å². The van der Waals surface area contributed by atoms with Gasteiger partial charge in [0.15, 0.2) is 22.5 Å². The lowest BCUT2D eigenvalue weighted by atomic mass is 10.2. The molecule has 0 fully saturated rings. The smallest absolute Gasteiger partial charge is 0.270 e. The van der Waals surface area contributed by atoms with Gasteiger partial charge in [0, 0.05) is 28.9 Å². The number of benzene rings is 3. The summed E-state index contributed by atoms with van der Waals surface area (Å²) in [6.45, 7) is 0. The van der Waals surface area contributed by atoms with Crippen LogP contribution in [0.3, 0.4) is 0 Å². The second-order valence-electron chi connectivity index (χ2n) is 7.48. The second-order valence-corrected chi connectivity index (χ2v) is 8.42. The molecule has 0 aliphatic rings. The minimum Gasteiger partial charge on any atom is -0.493 e. The first kappa shape index (κ1) is 25.4. The van der Waals surface area contributed by atoms with Gasteiger partial charge in [-0.05, 0) is 30.3 Å². The Bertz CT molecular complexity index is 1440. The molecular weight excluding hydrogens is 496 g/mol. The lowest BCUT2D eigenvalue weighted by Crippen LogP contribution is -2.20. The number of nitro benzene ring substituents is 1. The van der Waals surface area contributed by atoms with E-state index in [9.17, 15) is 14.9 Å². The maximum Gasteiger partial charge on any atom is 0.270 e. The van der Waals surface area contributed by atoms with Gasteiger partial charge in [-0.15, -0.1) is 10.2 Å². The van der Waals surface area contributed by atoms with Gasteiger partial charge in [-0.1, -0.05) is 42.1 Å². The monoisotopic (exact) mass is 518 g/mol. The van der Waals surface area contributed by atoms with E-state index in [1.165, 1.54) is 30.1 Å². The summed E-state index contributed by atoms with van der Waals surface area (Å²) in [5.41, 5.74) is 4.44. The molecule has 0 bridgehead atoms. The molecular formula is C25H22N6O5S. The summed E-state index contributed by atoms with van der Waals surface area (Å²) >= 11 is 1.19. The predicted molar refractivity (Wildman–Crippen MR) is 139 cm³/mol. The highest BCUT2D eigenvalue weighted by Gasteiger charge is 2.18. The van der Waals surface area contributed by atoms with Crippen LogP contribution in [0.5, 0.6) is 11.5 Å². The van der Waals surface area contributed by atoms with Crippen molar-refractivity contribution >= 4 is 29.6 Å². The Morgan fingerprint density at radius 3 is 2.57 bits per heavy atom. The number of nitro groups is 1. The van der Waals surface area contributed by atoms with Crippen molar-refractivity contribution < 1.29 is 19.2 Å². The topological polar surface area (TPSA) is 134 Å². The maximum atomic E-state index is 12.4. The van der Waals surface area contributed by atoms with E-state index in [0.717, 1.165) is 11.3 Å².